The molecule has 2 N–H and O–H groups in total. The number of rotatable bonds is 4. The Balaban J connectivity index is 1.94. The molecule has 0 aliphatic carbocycles. The third-order valence-electron chi connectivity index (χ3n) is 2.54. The first-order valence-corrected chi connectivity index (χ1v) is 5.34. The molecule has 0 aliphatic rings. The fourth-order valence-electron chi connectivity index (χ4n) is 1.70. The number of para-hydroxylation sites is 1. The van der Waals surface area contributed by atoms with Gasteiger partial charge in [-0.25, -0.2) is 14.1 Å². The molecular formula is C10H11N6O2+. The summed E-state index contributed by atoms with van der Waals surface area (Å²) in [5, 5.41) is 15.7. The molecule has 0 spiro atoms. The van der Waals surface area contributed by atoms with Gasteiger partial charge in [-0.2, -0.15) is 0 Å². The van der Waals surface area contributed by atoms with Crippen LogP contribution in [0.5, 0.6) is 0 Å². The van der Waals surface area contributed by atoms with Gasteiger partial charge in [0.15, 0.2) is 5.69 Å². The molecule has 3 rings (SSSR count). The molecule has 2 aromatic heterocycles. The van der Waals surface area contributed by atoms with E-state index in [1.54, 1.807) is 11.8 Å². The van der Waals surface area contributed by atoms with Crippen LogP contribution in [0.25, 0.3) is 11.0 Å². The standard InChI is InChI=1S/C10H10N6O2/c1-17-13-10-8(12-18-14-10)6-16-9-5-3-2-4-7(9)11-15-16/h2-5H,6H2,1H3,(H,13,14)/p+1. The van der Waals surface area contributed by atoms with Gasteiger partial charge in [0.2, 0.25) is 0 Å². The largest absolute Gasteiger partial charge is 0.321 e. The summed E-state index contributed by atoms with van der Waals surface area (Å²) in [6, 6.07) is 7.71. The first-order chi connectivity index (χ1) is 8.88. The minimum atomic E-state index is 0.430. The quantitative estimate of drug-likeness (QED) is 0.631. The maximum Gasteiger partial charge on any atom is 0.321 e. The van der Waals surface area contributed by atoms with E-state index in [2.05, 4.69) is 25.3 Å². The number of nitrogens with two attached hydrogens (primary N) is 1. The summed E-state index contributed by atoms with van der Waals surface area (Å²) in [7, 11) is 1.54. The molecule has 92 valence electrons. The third-order valence-corrected chi connectivity index (χ3v) is 2.54. The van der Waals surface area contributed by atoms with Crippen molar-refractivity contribution in [3.05, 3.63) is 30.0 Å². The third kappa shape index (κ3) is 1.83. The van der Waals surface area contributed by atoms with Crippen molar-refractivity contribution < 1.29 is 14.9 Å². The highest BCUT2D eigenvalue weighted by Gasteiger charge is 2.16. The van der Waals surface area contributed by atoms with Crippen molar-refractivity contribution in [3.63, 3.8) is 0 Å². The van der Waals surface area contributed by atoms with E-state index in [0.29, 0.717) is 18.1 Å². The molecule has 0 saturated carbocycles. The molecular weight excluding hydrogens is 236 g/mol. The maximum absolute atomic E-state index is 4.90. The summed E-state index contributed by atoms with van der Waals surface area (Å²) in [6.45, 7) is 0.430. The molecule has 8 nitrogen and oxygen atoms in total. The number of hydrogen-bond acceptors (Lipinski definition) is 6. The zero-order valence-electron chi connectivity index (χ0n) is 9.65. The lowest BCUT2D eigenvalue weighted by atomic mass is 10.3. The van der Waals surface area contributed by atoms with Crippen LogP contribution in [-0.4, -0.2) is 32.4 Å². The Labute approximate surface area is 101 Å². The van der Waals surface area contributed by atoms with Crippen molar-refractivity contribution in [2.45, 2.75) is 6.54 Å². The molecule has 3 aromatic rings. The van der Waals surface area contributed by atoms with Crippen LogP contribution < -0.4 is 5.48 Å². The molecule has 18 heavy (non-hydrogen) atoms. The van der Waals surface area contributed by atoms with Crippen molar-refractivity contribution in [2.24, 2.45) is 0 Å². The summed E-state index contributed by atoms with van der Waals surface area (Å²) in [4.78, 5) is 4.90. The van der Waals surface area contributed by atoms with Crippen molar-refractivity contribution in [2.75, 3.05) is 7.11 Å². The number of quaternary nitrogens is 1. The van der Waals surface area contributed by atoms with Crippen molar-refractivity contribution >= 4 is 16.9 Å². The second-order valence-corrected chi connectivity index (χ2v) is 3.69. The fourth-order valence-corrected chi connectivity index (χ4v) is 1.70. The summed E-state index contributed by atoms with van der Waals surface area (Å²) >= 11 is 0. The number of nitrogens with zero attached hydrogens (tertiary/aromatic N) is 5. The van der Waals surface area contributed by atoms with Crippen molar-refractivity contribution in [1.29, 1.82) is 0 Å². The van der Waals surface area contributed by atoms with E-state index in [-0.39, 0.29) is 0 Å². The van der Waals surface area contributed by atoms with Crippen molar-refractivity contribution in [3.8, 4) is 0 Å². The van der Waals surface area contributed by atoms with Crippen LogP contribution in [0.15, 0.2) is 28.9 Å². The SMILES string of the molecule is CO[NH2+]c1nonc1Cn1nnc2ccccc21. The number of benzene rings is 1. The topological polar surface area (TPSA) is 95.5 Å². The summed E-state index contributed by atoms with van der Waals surface area (Å²) in [6.07, 6.45) is 0. The Kier molecular flexibility index (Phi) is 2.71. The Morgan fingerprint density at radius 1 is 1.33 bits per heavy atom. The van der Waals surface area contributed by atoms with Gasteiger partial charge in [-0.3, -0.25) is 0 Å². The lowest BCUT2D eigenvalue weighted by molar-refractivity contribution is -0.833. The summed E-state index contributed by atoms with van der Waals surface area (Å²) < 4.78 is 6.42. The lowest BCUT2D eigenvalue weighted by Crippen LogP contribution is -2.76. The van der Waals surface area contributed by atoms with Gasteiger partial charge in [0.1, 0.15) is 5.52 Å². The smallest absolute Gasteiger partial charge is 0.238 e. The number of fused-ring (bicyclic) bond motifs is 1. The van der Waals surface area contributed by atoms with Gasteiger partial charge in [0.25, 0.3) is 0 Å². The van der Waals surface area contributed by atoms with Crippen LogP contribution >= 0.6 is 0 Å². The number of hydrogen-bond donors (Lipinski definition) is 1. The first kappa shape index (κ1) is 10.8. The van der Waals surface area contributed by atoms with E-state index in [9.17, 15) is 0 Å². The predicted molar refractivity (Wildman–Crippen MR) is 59.5 cm³/mol. The number of aromatic nitrogens is 5. The molecule has 0 saturated heterocycles. The van der Waals surface area contributed by atoms with Crippen molar-refractivity contribution in [1.82, 2.24) is 25.3 Å². The van der Waals surface area contributed by atoms with Gasteiger partial charge >= 0.3 is 5.82 Å². The average Bonchev–Trinajstić information content (AvgIpc) is 2.99. The van der Waals surface area contributed by atoms with Gasteiger partial charge in [-0.05, 0) is 17.3 Å². The molecule has 1 aromatic carbocycles. The zero-order chi connectivity index (χ0) is 12.4. The van der Waals surface area contributed by atoms with E-state index in [4.69, 9.17) is 4.84 Å². The van der Waals surface area contributed by atoms with Crippen LogP contribution in [0.3, 0.4) is 0 Å². The zero-order valence-corrected chi connectivity index (χ0v) is 9.65. The molecule has 0 aliphatic heterocycles. The van der Waals surface area contributed by atoms with E-state index in [1.165, 1.54) is 5.48 Å². The Morgan fingerprint density at radius 3 is 3.11 bits per heavy atom. The lowest BCUT2D eigenvalue weighted by Gasteiger charge is -1.98. The molecule has 0 unspecified atom stereocenters. The molecule has 0 bridgehead atoms. The first-order valence-electron chi connectivity index (χ1n) is 5.34. The molecule has 0 atom stereocenters. The van der Waals surface area contributed by atoms with Crippen LogP contribution in [0.4, 0.5) is 5.82 Å². The highest BCUT2D eigenvalue weighted by Crippen LogP contribution is 2.12. The van der Waals surface area contributed by atoms with Crippen LogP contribution in [0.1, 0.15) is 5.69 Å². The minimum absolute atomic E-state index is 0.430. The minimum Gasteiger partial charge on any atom is -0.238 e. The van der Waals surface area contributed by atoms with Gasteiger partial charge in [0.05, 0.1) is 19.2 Å². The van der Waals surface area contributed by atoms with Gasteiger partial charge in [0, 0.05) is 5.16 Å². The summed E-state index contributed by atoms with van der Waals surface area (Å²) in [5.41, 5.74) is 3.90. The molecule has 0 fully saturated rings. The highest BCUT2D eigenvalue weighted by molar-refractivity contribution is 5.73. The van der Waals surface area contributed by atoms with Gasteiger partial charge < -0.3 is 0 Å². The van der Waals surface area contributed by atoms with Gasteiger partial charge in [-0.15, -0.1) is 10.6 Å². The normalized spacial score (nSPS) is 11.2. The predicted octanol–water partition coefficient (Wildman–Crippen LogP) is -0.381. The Morgan fingerprint density at radius 2 is 2.22 bits per heavy atom. The highest BCUT2D eigenvalue weighted by atomic mass is 16.6. The van der Waals surface area contributed by atoms with Crippen LogP contribution in [0.2, 0.25) is 0 Å². The fraction of sp³-hybridized carbons (Fsp3) is 0.200. The molecule has 0 amide bonds. The van der Waals surface area contributed by atoms with Gasteiger partial charge in [-0.1, -0.05) is 17.3 Å². The van der Waals surface area contributed by atoms with E-state index in [0.717, 1.165) is 11.0 Å². The van der Waals surface area contributed by atoms with Crippen LogP contribution in [0, 0.1) is 0 Å². The second-order valence-electron chi connectivity index (χ2n) is 3.69. The Bertz CT molecular complexity index is 661. The van der Waals surface area contributed by atoms with Crippen LogP contribution in [-0.2, 0) is 11.4 Å². The Hall–Kier alpha value is -2.32. The summed E-state index contributed by atoms with van der Waals surface area (Å²) in [5.74, 6) is 0.553. The van der Waals surface area contributed by atoms with E-state index < -0.39 is 0 Å². The molecule has 8 heteroatoms. The maximum atomic E-state index is 4.90. The molecule has 2 heterocycles. The monoisotopic (exact) mass is 247 g/mol. The van der Waals surface area contributed by atoms with E-state index in [1.807, 2.05) is 24.3 Å². The second kappa shape index (κ2) is 4.51. The molecule has 0 radical (unpaired) electrons. The average molecular weight is 247 g/mol. The van der Waals surface area contributed by atoms with E-state index >= 15 is 0 Å².